The van der Waals surface area contributed by atoms with Crippen LogP contribution < -0.4 is 0 Å². The summed E-state index contributed by atoms with van der Waals surface area (Å²) in [7, 11) is 0. The second kappa shape index (κ2) is 10.00. The summed E-state index contributed by atoms with van der Waals surface area (Å²) in [4.78, 5) is 0. The topological polar surface area (TPSA) is 73.8 Å². The molecule has 0 aliphatic heterocycles. The highest BCUT2D eigenvalue weighted by Gasteiger charge is 2.27. The summed E-state index contributed by atoms with van der Waals surface area (Å²) in [6, 6.07) is 10.5. The summed E-state index contributed by atoms with van der Waals surface area (Å²) in [6.45, 7) is 5.87. The van der Waals surface area contributed by atoms with Gasteiger partial charge in [-0.15, -0.1) is 6.58 Å². The van der Waals surface area contributed by atoms with E-state index in [0.29, 0.717) is 12.2 Å². The normalized spacial score (nSPS) is 15.4. The van der Waals surface area contributed by atoms with Crippen molar-refractivity contribution in [1.82, 2.24) is 0 Å². The van der Waals surface area contributed by atoms with Crippen LogP contribution in [0.1, 0.15) is 50.0 Å². The number of furan rings is 1. The third kappa shape index (κ3) is 5.61. The molecule has 2 rings (SSSR count). The van der Waals surface area contributed by atoms with Gasteiger partial charge in [-0.25, -0.2) is 0 Å². The van der Waals surface area contributed by atoms with Crippen molar-refractivity contribution in [3.05, 3.63) is 72.2 Å². The van der Waals surface area contributed by atoms with Gasteiger partial charge in [0.2, 0.25) is 0 Å². The van der Waals surface area contributed by atoms with Gasteiger partial charge < -0.3 is 19.7 Å². The Hall–Kier alpha value is -2.30. The molecule has 0 aliphatic rings. The quantitative estimate of drug-likeness (QED) is 0.532. The fourth-order valence-electron chi connectivity index (χ4n) is 3.07. The van der Waals surface area contributed by atoms with E-state index in [1.807, 2.05) is 12.1 Å². The first-order valence-corrected chi connectivity index (χ1v) is 9.05. The molecule has 0 unspecified atom stereocenters. The molecule has 4 heteroatoms. The number of rotatable bonds is 10. The van der Waals surface area contributed by atoms with Crippen molar-refractivity contribution in [2.24, 2.45) is 5.92 Å². The van der Waals surface area contributed by atoms with Gasteiger partial charge in [0, 0.05) is 5.92 Å². The predicted molar refractivity (Wildman–Crippen MR) is 104 cm³/mol. The van der Waals surface area contributed by atoms with E-state index in [4.69, 9.17) is 4.42 Å². The Labute approximate surface area is 155 Å². The van der Waals surface area contributed by atoms with E-state index in [9.17, 15) is 15.3 Å². The molecule has 2 aromatic rings. The molecule has 26 heavy (non-hydrogen) atoms. The smallest absolute Gasteiger partial charge is 0.132 e. The van der Waals surface area contributed by atoms with E-state index in [1.54, 1.807) is 30.3 Å². The lowest BCUT2D eigenvalue weighted by molar-refractivity contribution is 0.0207. The molecule has 3 N–H and O–H groups in total. The third-order valence-electron chi connectivity index (χ3n) is 4.51. The number of phenolic OH excluding ortho intramolecular Hbond substituents is 1. The average Bonchev–Trinajstić information content (AvgIpc) is 3.17. The molecule has 1 aromatic carbocycles. The molecule has 1 aromatic heterocycles. The number of aromatic hydroxyl groups is 1. The average molecular weight is 356 g/mol. The van der Waals surface area contributed by atoms with Crippen LogP contribution in [0.4, 0.5) is 0 Å². The largest absolute Gasteiger partial charge is 0.508 e. The lowest BCUT2D eigenvalue weighted by atomic mass is 9.89. The molecule has 4 nitrogen and oxygen atoms in total. The van der Waals surface area contributed by atoms with Gasteiger partial charge in [0.05, 0.1) is 12.4 Å². The Morgan fingerprint density at radius 2 is 1.88 bits per heavy atom. The van der Waals surface area contributed by atoms with Gasteiger partial charge in [0.1, 0.15) is 17.6 Å². The number of phenols is 1. The minimum Gasteiger partial charge on any atom is -0.508 e. The first-order valence-electron chi connectivity index (χ1n) is 9.05. The van der Waals surface area contributed by atoms with E-state index in [2.05, 4.69) is 19.6 Å². The van der Waals surface area contributed by atoms with E-state index >= 15 is 0 Å². The minimum atomic E-state index is -0.909. The highest BCUT2D eigenvalue weighted by molar-refractivity contribution is 5.53. The third-order valence-corrected chi connectivity index (χ3v) is 4.51. The van der Waals surface area contributed by atoms with Crippen molar-refractivity contribution in [3.63, 3.8) is 0 Å². The fraction of sp³-hybridized carbons (Fsp3) is 0.364. The zero-order chi connectivity index (χ0) is 18.9. The highest BCUT2D eigenvalue weighted by atomic mass is 16.4. The molecule has 0 saturated carbocycles. The van der Waals surface area contributed by atoms with E-state index in [1.165, 1.54) is 11.8 Å². The summed E-state index contributed by atoms with van der Waals surface area (Å²) in [5.74, 6) is 0.190. The maximum absolute atomic E-state index is 10.6. The van der Waals surface area contributed by atoms with Gasteiger partial charge in [-0.05, 0) is 49.1 Å². The Kier molecular flexibility index (Phi) is 7.70. The van der Waals surface area contributed by atoms with Crippen LogP contribution in [-0.2, 0) is 0 Å². The van der Waals surface area contributed by atoms with Crippen LogP contribution in [-0.4, -0.2) is 21.4 Å². The van der Waals surface area contributed by atoms with Gasteiger partial charge in [0.25, 0.3) is 0 Å². The number of hydrogen-bond acceptors (Lipinski definition) is 4. The molecule has 0 saturated heterocycles. The van der Waals surface area contributed by atoms with Crippen molar-refractivity contribution in [2.75, 3.05) is 0 Å². The Morgan fingerprint density at radius 1 is 1.15 bits per heavy atom. The molecule has 0 radical (unpaired) electrons. The molecular formula is C22H28O4. The summed E-state index contributed by atoms with van der Waals surface area (Å²) in [6.07, 6.45) is 6.77. The maximum atomic E-state index is 10.6. The van der Waals surface area contributed by atoms with Crippen LogP contribution in [0.2, 0.25) is 0 Å². The highest BCUT2D eigenvalue weighted by Crippen LogP contribution is 2.29. The molecule has 0 aliphatic carbocycles. The molecule has 3 atom stereocenters. The Bertz CT molecular complexity index is 685. The second-order valence-corrected chi connectivity index (χ2v) is 6.52. The number of allylic oxidation sites excluding steroid dienone is 1. The van der Waals surface area contributed by atoms with Crippen molar-refractivity contribution in [2.45, 2.75) is 44.8 Å². The van der Waals surface area contributed by atoms with Crippen LogP contribution in [0.15, 0.2) is 65.3 Å². The van der Waals surface area contributed by atoms with Crippen molar-refractivity contribution >= 4 is 6.08 Å². The first-order chi connectivity index (χ1) is 12.5. The number of hydrogen-bond donors (Lipinski definition) is 3. The van der Waals surface area contributed by atoms with Crippen molar-refractivity contribution < 1.29 is 19.7 Å². The SMILES string of the molecule is C=C[C@H]([C@H](O)CC/C(=C/c1ccc(O)cc1)CCC)[C@H](O)c1ccco1. The molecule has 1 heterocycles. The maximum Gasteiger partial charge on any atom is 0.132 e. The van der Waals surface area contributed by atoms with Crippen LogP contribution in [0.5, 0.6) is 5.75 Å². The van der Waals surface area contributed by atoms with Crippen molar-refractivity contribution in [3.8, 4) is 5.75 Å². The lowest BCUT2D eigenvalue weighted by Gasteiger charge is -2.24. The molecule has 0 amide bonds. The zero-order valence-electron chi connectivity index (χ0n) is 15.2. The van der Waals surface area contributed by atoms with Crippen LogP contribution >= 0.6 is 0 Å². The summed E-state index contributed by atoms with van der Waals surface area (Å²) in [5, 5.41) is 30.4. The van der Waals surface area contributed by atoms with Crippen LogP contribution in [0, 0.1) is 5.92 Å². The number of benzene rings is 1. The molecular weight excluding hydrogens is 328 g/mol. The molecule has 0 bridgehead atoms. The Morgan fingerprint density at radius 3 is 2.46 bits per heavy atom. The zero-order valence-corrected chi connectivity index (χ0v) is 15.2. The van der Waals surface area contributed by atoms with Gasteiger partial charge in [0.15, 0.2) is 0 Å². The van der Waals surface area contributed by atoms with Gasteiger partial charge in [-0.1, -0.05) is 43.2 Å². The van der Waals surface area contributed by atoms with Crippen LogP contribution in [0.3, 0.4) is 0 Å². The lowest BCUT2D eigenvalue weighted by Crippen LogP contribution is -2.25. The van der Waals surface area contributed by atoms with E-state index in [0.717, 1.165) is 24.8 Å². The second-order valence-electron chi connectivity index (χ2n) is 6.52. The summed E-state index contributed by atoms with van der Waals surface area (Å²) < 4.78 is 5.24. The van der Waals surface area contributed by atoms with Crippen molar-refractivity contribution in [1.29, 1.82) is 0 Å². The molecule has 140 valence electrons. The van der Waals surface area contributed by atoms with E-state index in [-0.39, 0.29) is 5.75 Å². The fourth-order valence-corrected chi connectivity index (χ4v) is 3.07. The van der Waals surface area contributed by atoms with E-state index < -0.39 is 18.1 Å². The number of aliphatic hydroxyl groups excluding tert-OH is 2. The van der Waals surface area contributed by atoms with Crippen LogP contribution in [0.25, 0.3) is 6.08 Å². The Balaban J connectivity index is 2.02. The molecule has 0 spiro atoms. The number of aliphatic hydroxyl groups is 2. The molecule has 0 fully saturated rings. The van der Waals surface area contributed by atoms with Gasteiger partial charge in [-0.2, -0.15) is 0 Å². The van der Waals surface area contributed by atoms with Gasteiger partial charge in [-0.3, -0.25) is 0 Å². The van der Waals surface area contributed by atoms with Gasteiger partial charge >= 0.3 is 0 Å². The first kappa shape index (κ1) is 20.0. The minimum absolute atomic E-state index is 0.246. The summed E-state index contributed by atoms with van der Waals surface area (Å²) in [5.41, 5.74) is 2.25. The monoisotopic (exact) mass is 356 g/mol. The predicted octanol–water partition coefficient (Wildman–Crippen LogP) is 4.85. The summed E-state index contributed by atoms with van der Waals surface area (Å²) >= 11 is 0. The standard InChI is InChI=1S/C22H28O4/c1-3-6-16(15-17-8-11-18(23)12-9-17)10-13-20(24)19(4-2)22(25)21-7-5-14-26-21/h4-5,7-9,11-12,14-15,19-20,22-25H,2-3,6,10,13H2,1H3/b16-15+/t19-,20-,22+/m1/s1.